The Morgan fingerprint density at radius 2 is 2.12 bits per heavy atom. The number of aryl methyl sites for hydroxylation is 1. The first-order valence-electron chi connectivity index (χ1n) is 8.51. The highest BCUT2D eigenvalue weighted by molar-refractivity contribution is 5.76. The van der Waals surface area contributed by atoms with Gasteiger partial charge in [-0.3, -0.25) is 4.79 Å². The van der Waals surface area contributed by atoms with Crippen molar-refractivity contribution in [2.75, 3.05) is 7.11 Å². The molecule has 1 fully saturated rings. The highest BCUT2D eigenvalue weighted by atomic mass is 16.5. The van der Waals surface area contributed by atoms with E-state index in [1.807, 2.05) is 24.3 Å². The van der Waals surface area contributed by atoms with Crippen molar-refractivity contribution in [3.05, 3.63) is 30.2 Å². The number of methoxy groups -OCH3 is 1. The van der Waals surface area contributed by atoms with Crippen LogP contribution in [0, 0.1) is 0 Å². The zero-order valence-corrected chi connectivity index (χ0v) is 14.0. The van der Waals surface area contributed by atoms with Crippen LogP contribution in [-0.2, 0) is 11.2 Å². The van der Waals surface area contributed by atoms with Crippen LogP contribution in [0.1, 0.15) is 44.4 Å². The molecule has 0 unspecified atom stereocenters. The molecule has 0 spiro atoms. The molecule has 1 heterocycles. The average molecular weight is 329 g/mol. The lowest BCUT2D eigenvalue weighted by Gasteiger charge is -2.22. The number of carbonyl (C=O) groups is 1. The normalized spacial score (nSPS) is 15.2. The lowest BCUT2D eigenvalue weighted by molar-refractivity contribution is -0.122. The third kappa shape index (κ3) is 4.34. The molecular weight excluding hydrogens is 306 g/mol. The standard InChI is InChI=1S/C18H23N3O3/c1-23-15-9-5-6-13(12-15)18-21-20-17(24-18)11-10-16(22)19-14-7-3-2-4-8-14/h5-6,9,12,14H,2-4,7-8,10-11H2,1H3,(H,19,22). The number of amides is 1. The number of ether oxygens (including phenoxy) is 1. The molecule has 0 bridgehead atoms. The summed E-state index contributed by atoms with van der Waals surface area (Å²) >= 11 is 0. The van der Waals surface area contributed by atoms with Crippen LogP contribution in [-0.4, -0.2) is 29.3 Å². The quantitative estimate of drug-likeness (QED) is 0.881. The zero-order chi connectivity index (χ0) is 16.8. The molecule has 128 valence electrons. The number of nitrogens with zero attached hydrogens (tertiary/aromatic N) is 2. The molecule has 1 amide bonds. The Labute approximate surface area is 141 Å². The number of hydrogen-bond acceptors (Lipinski definition) is 5. The third-order valence-electron chi connectivity index (χ3n) is 4.32. The van der Waals surface area contributed by atoms with Gasteiger partial charge in [0.15, 0.2) is 0 Å². The van der Waals surface area contributed by atoms with Gasteiger partial charge in [-0.1, -0.05) is 25.3 Å². The molecule has 2 aromatic rings. The van der Waals surface area contributed by atoms with Crippen LogP contribution in [0.3, 0.4) is 0 Å². The van der Waals surface area contributed by atoms with Gasteiger partial charge in [0.2, 0.25) is 17.7 Å². The molecular formula is C18H23N3O3. The van der Waals surface area contributed by atoms with Crippen molar-refractivity contribution in [2.45, 2.75) is 51.0 Å². The Hall–Kier alpha value is -2.37. The maximum atomic E-state index is 12.0. The fourth-order valence-corrected chi connectivity index (χ4v) is 2.99. The van der Waals surface area contributed by atoms with Crippen molar-refractivity contribution in [3.8, 4) is 17.2 Å². The van der Waals surface area contributed by atoms with Crippen molar-refractivity contribution in [1.82, 2.24) is 15.5 Å². The van der Waals surface area contributed by atoms with Crippen LogP contribution in [0.5, 0.6) is 5.75 Å². The van der Waals surface area contributed by atoms with Crippen LogP contribution < -0.4 is 10.1 Å². The van der Waals surface area contributed by atoms with Gasteiger partial charge in [0.25, 0.3) is 0 Å². The van der Waals surface area contributed by atoms with Gasteiger partial charge in [0.1, 0.15) is 5.75 Å². The number of rotatable bonds is 6. The minimum Gasteiger partial charge on any atom is -0.497 e. The van der Waals surface area contributed by atoms with Gasteiger partial charge in [0, 0.05) is 24.4 Å². The molecule has 1 aromatic carbocycles. The van der Waals surface area contributed by atoms with E-state index in [9.17, 15) is 4.79 Å². The fourth-order valence-electron chi connectivity index (χ4n) is 2.99. The van der Waals surface area contributed by atoms with Crippen molar-refractivity contribution in [1.29, 1.82) is 0 Å². The second kappa shape index (κ2) is 7.95. The fraction of sp³-hybridized carbons (Fsp3) is 0.500. The molecule has 1 aromatic heterocycles. The van der Waals surface area contributed by atoms with Crippen molar-refractivity contribution in [3.63, 3.8) is 0 Å². The Morgan fingerprint density at radius 3 is 2.92 bits per heavy atom. The minimum atomic E-state index is 0.0584. The van der Waals surface area contributed by atoms with Gasteiger partial charge in [0.05, 0.1) is 7.11 Å². The Kier molecular flexibility index (Phi) is 5.46. The van der Waals surface area contributed by atoms with Gasteiger partial charge in [-0.25, -0.2) is 0 Å². The van der Waals surface area contributed by atoms with Crippen LogP contribution in [0.25, 0.3) is 11.5 Å². The Balaban J connectivity index is 1.53. The number of hydrogen-bond donors (Lipinski definition) is 1. The lowest BCUT2D eigenvalue weighted by atomic mass is 9.95. The maximum absolute atomic E-state index is 12.0. The highest BCUT2D eigenvalue weighted by Gasteiger charge is 2.16. The summed E-state index contributed by atoms with van der Waals surface area (Å²) in [5, 5.41) is 11.2. The van der Waals surface area contributed by atoms with E-state index in [1.165, 1.54) is 19.3 Å². The number of benzene rings is 1. The predicted molar refractivity (Wildman–Crippen MR) is 89.6 cm³/mol. The van der Waals surface area contributed by atoms with Crippen LogP contribution in [0.4, 0.5) is 0 Å². The molecule has 6 heteroatoms. The van der Waals surface area contributed by atoms with Crippen LogP contribution in [0.15, 0.2) is 28.7 Å². The van der Waals surface area contributed by atoms with Crippen LogP contribution >= 0.6 is 0 Å². The number of nitrogens with one attached hydrogen (secondary N) is 1. The molecule has 24 heavy (non-hydrogen) atoms. The molecule has 1 saturated carbocycles. The van der Waals surface area contributed by atoms with E-state index in [2.05, 4.69) is 15.5 Å². The summed E-state index contributed by atoms with van der Waals surface area (Å²) in [5.74, 6) is 1.71. The molecule has 0 radical (unpaired) electrons. The zero-order valence-electron chi connectivity index (χ0n) is 14.0. The summed E-state index contributed by atoms with van der Waals surface area (Å²) in [6.45, 7) is 0. The molecule has 3 rings (SSSR count). The van der Waals surface area contributed by atoms with Crippen molar-refractivity contribution < 1.29 is 13.9 Å². The van der Waals surface area contributed by atoms with E-state index in [0.717, 1.165) is 24.2 Å². The molecule has 1 N–H and O–H groups in total. The Bertz CT molecular complexity index is 678. The SMILES string of the molecule is COc1cccc(-c2nnc(CCC(=O)NC3CCCCC3)o2)c1. The van der Waals surface area contributed by atoms with Gasteiger partial charge < -0.3 is 14.5 Å². The summed E-state index contributed by atoms with van der Waals surface area (Å²) in [5.41, 5.74) is 0.805. The molecule has 1 aliphatic carbocycles. The Morgan fingerprint density at radius 1 is 1.29 bits per heavy atom. The molecule has 0 saturated heterocycles. The van der Waals surface area contributed by atoms with Crippen molar-refractivity contribution in [2.24, 2.45) is 0 Å². The average Bonchev–Trinajstić information content (AvgIpc) is 3.10. The van der Waals surface area contributed by atoms with E-state index < -0.39 is 0 Å². The topological polar surface area (TPSA) is 77.2 Å². The van der Waals surface area contributed by atoms with E-state index in [-0.39, 0.29) is 5.91 Å². The minimum absolute atomic E-state index is 0.0584. The van der Waals surface area contributed by atoms with Gasteiger partial charge in [-0.05, 0) is 31.0 Å². The molecule has 0 aliphatic heterocycles. The first-order chi connectivity index (χ1) is 11.7. The molecule has 1 aliphatic rings. The summed E-state index contributed by atoms with van der Waals surface area (Å²) in [4.78, 5) is 12.0. The summed E-state index contributed by atoms with van der Waals surface area (Å²) in [6.07, 6.45) is 6.70. The van der Waals surface area contributed by atoms with E-state index in [4.69, 9.17) is 9.15 Å². The number of carbonyl (C=O) groups excluding carboxylic acids is 1. The maximum Gasteiger partial charge on any atom is 0.247 e. The van der Waals surface area contributed by atoms with E-state index >= 15 is 0 Å². The lowest BCUT2D eigenvalue weighted by Crippen LogP contribution is -2.36. The second-order valence-corrected chi connectivity index (χ2v) is 6.14. The number of aromatic nitrogens is 2. The summed E-state index contributed by atoms with van der Waals surface area (Å²) < 4.78 is 10.8. The monoisotopic (exact) mass is 329 g/mol. The summed E-state index contributed by atoms with van der Waals surface area (Å²) in [7, 11) is 1.61. The summed E-state index contributed by atoms with van der Waals surface area (Å²) in [6, 6.07) is 7.79. The van der Waals surface area contributed by atoms with Crippen molar-refractivity contribution >= 4 is 5.91 Å². The first-order valence-corrected chi connectivity index (χ1v) is 8.51. The molecule has 6 nitrogen and oxygen atoms in total. The molecule has 0 atom stereocenters. The third-order valence-corrected chi connectivity index (χ3v) is 4.32. The second-order valence-electron chi connectivity index (χ2n) is 6.14. The van der Waals surface area contributed by atoms with Crippen LogP contribution in [0.2, 0.25) is 0 Å². The van der Waals surface area contributed by atoms with E-state index in [1.54, 1.807) is 7.11 Å². The van der Waals surface area contributed by atoms with Gasteiger partial charge in [-0.15, -0.1) is 10.2 Å². The first kappa shape index (κ1) is 16.5. The van der Waals surface area contributed by atoms with Gasteiger partial charge in [-0.2, -0.15) is 0 Å². The largest absolute Gasteiger partial charge is 0.497 e. The highest BCUT2D eigenvalue weighted by Crippen LogP contribution is 2.23. The van der Waals surface area contributed by atoms with E-state index in [0.29, 0.717) is 30.7 Å². The smallest absolute Gasteiger partial charge is 0.247 e. The predicted octanol–water partition coefficient (Wildman–Crippen LogP) is 3.13. The van der Waals surface area contributed by atoms with Gasteiger partial charge >= 0.3 is 0 Å².